The summed E-state index contributed by atoms with van der Waals surface area (Å²) >= 11 is 0. The maximum atomic E-state index is 11.5. The van der Waals surface area contributed by atoms with Gasteiger partial charge in [0.05, 0.1) is 16.9 Å². The Morgan fingerprint density at radius 1 is 1.00 bits per heavy atom. The quantitative estimate of drug-likeness (QED) is 0.592. The topological polar surface area (TPSA) is 71.8 Å². The predicted molar refractivity (Wildman–Crippen MR) is 87.6 cm³/mol. The minimum absolute atomic E-state index is 0.428. The fourth-order valence-corrected chi connectivity index (χ4v) is 2.72. The molecule has 0 saturated carbocycles. The minimum Gasteiger partial charge on any atom is -0.366 e. The summed E-state index contributed by atoms with van der Waals surface area (Å²) in [5.74, 6) is -0.428. The van der Waals surface area contributed by atoms with Gasteiger partial charge in [-0.05, 0) is 30.3 Å². The van der Waals surface area contributed by atoms with E-state index >= 15 is 0 Å². The molecule has 0 fully saturated rings. The molecule has 0 bridgehead atoms. The maximum absolute atomic E-state index is 11.5. The number of nitrogens with zero attached hydrogens (tertiary/aromatic N) is 1. The summed E-state index contributed by atoms with van der Waals surface area (Å²) in [5.41, 5.74) is 9.47. The monoisotopic (exact) mass is 287 g/mol. The number of benzene rings is 2. The molecule has 2 aromatic carbocycles. The standard InChI is InChI=1S/C18H13N3O/c19-18(22)12-5-3-7-15-13(12)10-17(21-15)16-9-8-11-4-1-2-6-14(11)20-16/h1-10,21H,(H2,19,22). The van der Waals surface area contributed by atoms with Crippen LogP contribution in [-0.2, 0) is 0 Å². The third-order valence-electron chi connectivity index (χ3n) is 3.80. The lowest BCUT2D eigenvalue weighted by Gasteiger charge is -2.00. The Kier molecular flexibility index (Phi) is 2.69. The normalized spacial score (nSPS) is 11.1. The number of carbonyl (C=O) groups is 1. The van der Waals surface area contributed by atoms with E-state index in [4.69, 9.17) is 5.73 Å². The number of amides is 1. The van der Waals surface area contributed by atoms with Gasteiger partial charge < -0.3 is 10.7 Å². The Morgan fingerprint density at radius 2 is 1.86 bits per heavy atom. The highest BCUT2D eigenvalue weighted by atomic mass is 16.1. The lowest BCUT2D eigenvalue weighted by Crippen LogP contribution is -2.10. The molecule has 0 atom stereocenters. The van der Waals surface area contributed by atoms with E-state index < -0.39 is 5.91 Å². The molecule has 0 aliphatic rings. The van der Waals surface area contributed by atoms with Crippen LogP contribution in [0.5, 0.6) is 0 Å². The zero-order valence-electron chi connectivity index (χ0n) is 11.7. The van der Waals surface area contributed by atoms with Crippen molar-refractivity contribution in [2.24, 2.45) is 5.73 Å². The zero-order chi connectivity index (χ0) is 15.1. The van der Waals surface area contributed by atoms with Gasteiger partial charge in [0.2, 0.25) is 5.91 Å². The van der Waals surface area contributed by atoms with Gasteiger partial charge in [0, 0.05) is 21.9 Å². The first-order chi connectivity index (χ1) is 10.7. The van der Waals surface area contributed by atoms with Crippen molar-refractivity contribution in [3.05, 3.63) is 66.2 Å². The minimum atomic E-state index is -0.428. The number of aromatic nitrogens is 2. The molecule has 3 N–H and O–H groups in total. The van der Waals surface area contributed by atoms with Gasteiger partial charge in [-0.2, -0.15) is 0 Å². The summed E-state index contributed by atoms with van der Waals surface area (Å²) in [6.45, 7) is 0. The molecule has 1 amide bonds. The number of carbonyl (C=O) groups excluding carboxylic acids is 1. The Hall–Kier alpha value is -3.14. The van der Waals surface area contributed by atoms with Crippen molar-refractivity contribution in [2.75, 3.05) is 0 Å². The molecule has 0 aliphatic heterocycles. The molecule has 106 valence electrons. The predicted octanol–water partition coefficient (Wildman–Crippen LogP) is 3.48. The Morgan fingerprint density at radius 3 is 2.73 bits per heavy atom. The number of hydrogen-bond donors (Lipinski definition) is 2. The number of nitrogens with two attached hydrogens (primary N) is 1. The Balaban J connectivity index is 1.92. The van der Waals surface area contributed by atoms with E-state index in [2.05, 4.69) is 9.97 Å². The largest absolute Gasteiger partial charge is 0.366 e. The van der Waals surface area contributed by atoms with Crippen LogP contribution in [0, 0.1) is 0 Å². The van der Waals surface area contributed by atoms with Crippen LogP contribution in [0.25, 0.3) is 33.2 Å². The summed E-state index contributed by atoms with van der Waals surface area (Å²) in [7, 11) is 0. The van der Waals surface area contributed by atoms with E-state index in [0.717, 1.165) is 33.2 Å². The van der Waals surface area contributed by atoms with Gasteiger partial charge in [-0.25, -0.2) is 4.98 Å². The molecule has 4 aromatic rings. The summed E-state index contributed by atoms with van der Waals surface area (Å²) in [6.07, 6.45) is 0. The smallest absolute Gasteiger partial charge is 0.249 e. The van der Waals surface area contributed by atoms with Gasteiger partial charge in [-0.3, -0.25) is 4.79 Å². The lowest BCUT2D eigenvalue weighted by atomic mass is 10.1. The number of primary amides is 1. The van der Waals surface area contributed by atoms with Gasteiger partial charge in [-0.15, -0.1) is 0 Å². The number of nitrogens with one attached hydrogen (secondary N) is 1. The molecular formula is C18H13N3O. The molecule has 0 radical (unpaired) electrons. The molecule has 0 spiro atoms. The number of hydrogen-bond acceptors (Lipinski definition) is 2. The molecule has 4 nitrogen and oxygen atoms in total. The molecule has 0 saturated heterocycles. The van der Waals surface area contributed by atoms with E-state index in [0.29, 0.717) is 5.56 Å². The molecular weight excluding hydrogens is 274 g/mol. The second kappa shape index (κ2) is 4.70. The van der Waals surface area contributed by atoms with Gasteiger partial charge in [0.25, 0.3) is 0 Å². The first-order valence-electron chi connectivity index (χ1n) is 7.00. The first kappa shape index (κ1) is 12.6. The molecule has 4 heteroatoms. The summed E-state index contributed by atoms with van der Waals surface area (Å²) in [6, 6.07) is 19.4. The van der Waals surface area contributed by atoms with E-state index in [1.54, 1.807) is 6.07 Å². The summed E-state index contributed by atoms with van der Waals surface area (Å²) in [5, 5.41) is 1.92. The van der Waals surface area contributed by atoms with Gasteiger partial charge in [-0.1, -0.05) is 30.3 Å². The first-order valence-corrected chi connectivity index (χ1v) is 7.00. The molecule has 2 aromatic heterocycles. The third kappa shape index (κ3) is 1.93. The number of H-pyrrole nitrogens is 1. The average Bonchev–Trinajstić information content (AvgIpc) is 2.98. The molecule has 0 aliphatic carbocycles. The van der Waals surface area contributed by atoms with Crippen molar-refractivity contribution in [2.45, 2.75) is 0 Å². The van der Waals surface area contributed by atoms with Crippen LogP contribution in [0.1, 0.15) is 10.4 Å². The van der Waals surface area contributed by atoms with Crippen molar-refractivity contribution in [3.63, 3.8) is 0 Å². The maximum Gasteiger partial charge on any atom is 0.249 e. The van der Waals surface area contributed by atoms with Gasteiger partial charge >= 0.3 is 0 Å². The fraction of sp³-hybridized carbons (Fsp3) is 0. The van der Waals surface area contributed by atoms with Crippen LogP contribution >= 0.6 is 0 Å². The second-order valence-electron chi connectivity index (χ2n) is 5.20. The summed E-state index contributed by atoms with van der Waals surface area (Å²) in [4.78, 5) is 19.5. The van der Waals surface area contributed by atoms with Crippen LogP contribution in [0.15, 0.2) is 60.7 Å². The van der Waals surface area contributed by atoms with Gasteiger partial charge in [0.1, 0.15) is 0 Å². The van der Waals surface area contributed by atoms with Gasteiger partial charge in [0.15, 0.2) is 0 Å². The van der Waals surface area contributed by atoms with Crippen molar-refractivity contribution in [3.8, 4) is 11.4 Å². The lowest BCUT2D eigenvalue weighted by molar-refractivity contribution is 0.100. The SMILES string of the molecule is NC(=O)c1cccc2[nH]c(-c3ccc4ccccc4n3)cc12. The Bertz CT molecular complexity index is 1020. The number of rotatable bonds is 2. The molecule has 2 heterocycles. The number of pyridine rings is 1. The van der Waals surface area contributed by atoms with Crippen LogP contribution < -0.4 is 5.73 Å². The highest BCUT2D eigenvalue weighted by Crippen LogP contribution is 2.26. The van der Waals surface area contributed by atoms with Crippen LogP contribution in [-0.4, -0.2) is 15.9 Å². The number of fused-ring (bicyclic) bond motifs is 2. The average molecular weight is 287 g/mol. The molecule has 0 unspecified atom stereocenters. The second-order valence-corrected chi connectivity index (χ2v) is 5.20. The summed E-state index contributed by atoms with van der Waals surface area (Å²) < 4.78 is 0. The number of para-hydroxylation sites is 1. The zero-order valence-corrected chi connectivity index (χ0v) is 11.7. The third-order valence-corrected chi connectivity index (χ3v) is 3.80. The molecule has 22 heavy (non-hydrogen) atoms. The van der Waals surface area contributed by atoms with Crippen LogP contribution in [0.2, 0.25) is 0 Å². The molecule has 4 rings (SSSR count). The van der Waals surface area contributed by atoms with E-state index in [-0.39, 0.29) is 0 Å². The van der Waals surface area contributed by atoms with Crippen molar-refractivity contribution >= 4 is 27.7 Å². The van der Waals surface area contributed by atoms with E-state index in [1.807, 2.05) is 54.6 Å². The van der Waals surface area contributed by atoms with E-state index in [1.165, 1.54) is 0 Å². The fourth-order valence-electron chi connectivity index (χ4n) is 2.72. The van der Waals surface area contributed by atoms with Crippen molar-refractivity contribution < 1.29 is 4.79 Å². The number of aromatic amines is 1. The van der Waals surface area contributed by atoms with Crippen molar-refractivity contribution in [1.82, 2.24) is 9.97 Å². The van der Waals surface area contributed by atoms with Crippen molar-refractivity contribution in [1.29, 1.82) is 0 Å². The van der Waals surface area contributed by atoms with Crippen LogP contribution in [0.3, 0.4) is 0 Å². The highest BCUT2D eigenvalue weighted by Gasteiger charge is 2.11. The highest BCUT2D eigenvalue weighted by molar-refractivity contribution is 6.06. The Labute approximate surface area is 126 Å². The van der Waals surface area contributed by atoms with Crippen LogP contribution in [0.4, 0.5) is 0 Å². The van der Waals surface area contributed by atoms with E-state index in [9.17, 15) is 4.79 Å².